The number of thioether (sulfide) groups is 1. The van der Waals surface area contributed by atoms with Gasteiger partial charge in [-0.3, -0.25) is 0 Å². The molecule has 0 saturated heterocycles. The molecule has 1 aromatic carbocycles. The van der Waals surface area contributed by atoms with E-state index in [1.807, 2.05) is 17.8 Å². The second kappa shape index (κ2) is 8.06. The number of aryl methyl sites for hydroxylation is 1. The minimum absolute atomic E-state index is 0.361. The maximum Gasteiger partial charge on any atom is 0.240 e. The van der Waals surface area contributed by atoms with Gasteiger partial charge < -0.3 is 5.32 Å². The smallest absolute Gasteiger partial charge is 0.240 e. The van der Waals surface area contributed by atoms with Crippen LogP contribution in [0.1, 0.15) is 31.2 Å². The number of hydrogen-bond acceptors (Lipinski definition) is 4. The summed E-state index contributed by atoms with van der Waals surface area (Å²) in [4.78, 5) is 0.361. The summed E-state index contributed by atoms with van der Waals surface area (Å²) in [5.41, 5.74) is 2.17. The molecule has 0 saturated carbocycles. The summed E-state index contributed by atoms with van der Waals surface area (Å²) < 4.78 is 27.2. The molecule has 6 heteroatoms. The number of unbranched alkanes of at least 4 members (excludes halogenated alkanes) is 2. The highest BCUT2D eigenvalue weighted by Gasteiger charge is 2.16. The van der Waals surface area contributed by atoms with Gasteiger partial charge in [-0.2, -0.15) is 11.8 Å². The Labute approximate surface area is 132 Å². The molecule has 2 N–H and O–H groups in total. The molecule has 0 spiro atoms. The second-order valence-electron chi connectivity index (χ2n) is 5.30. The third kappa shape index (κ3) is 4.90. The second-order valence-corrected chi connectivity index (χ2v) is 8.05. The Hall–Kier alpha value is -0.720. The lowest BCUT2D eigenvalue weighted by atomic mass is 10.0. The van der Waals surface area contributed by atoms with Gasteiger partial charge in [0.1, 0.15) is 0 Å². The SMILES string of the molecule is CSCCCCCNS(=O)(=O)c1ccc2c(c1)NCCC2. The highest BCUT2D eigenvalue weighted by molar-refractivity contribution is 7.98. The Bertz CT molecular complexity index is 559. The van der Waals surface area contributed by atoms with Crippen molar-refractivity contribution < 1.29 is 8.42 Å². The molecule has 0 unspecified atom stereocenters. The molecule has 1 aromatic rings. The minimum atomic E-state index is -3.38. The van der Waals surface area contributed by atoms with E-state index in [1.165, 1.54) is 5.56 Å². The first-order valence-corrected chi connectivity index (χ1v) is 10.4. The molecule has 0 aromatic heterocycles. The quantitative estimate of drug-likeness (QED) is 0.721. The molecular formula is C15H24N2O2S2. The molecule has 1 aliphatic heterocycles. The average molecular weight is 329 g/mol. The first kappa shape index (κ1) is 16.6. The van der Waals surface area contributed by atoms with Crippen LogP contribution >= 0.6 is 11.8 Å². The van der Waals surface area contributed by atoms with Crippen LogP contribution in [-0.2, 0) is 16.4 Å². The first-order valence-electron chi connectivity index (χ1n) is 7.49. The van der Waals surface area contributed by atoms with Crippen molar-refractivity contribution in [3.05, 3.63) is 23.8 Å². The van der Waals surface area contributed by atoms with Crippen LogP contribution in [0.25, 0.3) is 0 Å². The number of rotatable bonds is 8. The lowest BCUT2D eigenvalue weighted by molar-refractivity contribution is 0.576. The van der Waals surface area contributed by atoms with Gasteiger partial charge in [0.25, 0.3) is 0 Å². The molecule has 0 aliphatic carbocycles. The van der Waals surface area contributed by atoms with Crippen LogP contribution in [0.2, 0.25) is 0 Å². The van der Waals surface area contributed by atoms with E-state index in [9.17, 15) is 8.42 Å². The fourth-order valence-electron chi connectivity index (χ4n) is 2.45. The number of sulfonamides is 1. The summed E-state index contributed by atoms with van der Waals surface area (Å²) in [6.07, 6.45) is 7.31. The number of nitrogens with one attached hydrogen (secondary N) is 2. The average Bonchev–Trinajstić information content (AvgIpc) is 2.50. The molecule has 21 heavy (non-hydrogen) atoms. The van der Waals surface area contributed by atoms with Crippen molar-refractivity contribution in [3.63, 3.8) is 0 Å². The van der Waals surface area contributed by atoms with E-state index in [4.69, 9.17) is 0 Å². The van der Waals surface area contributed by atoms with Crippen LogP contribution in [0.5, 0.6) is 0 Å². The van der Waals surface area contributed by atoms with Crippen LogP contribution in [-0.4, -0.2) is 33.5 Å². The Morgan fingerprint density at radius 1 is 1.29 bits per heavy atom. The Morgan fingerprint density at radius 3 is 2.95 bits per heavy atom. The Kier molecular flexibility index (Phi) is 6.39. The molecular weight excluding hydrogens is 304 g/mol. The molecule has 4 nitrogen and oxygen atoms in total. The summed E-state index contributed by atoms with van der Waals surface area (Å²) >= 11 is 1.83. The van der Waals surface area contributed by atoms with Crippen molar-refractivity contribution in [2.75, 3.05) is 30.4 Å². The molecule has 0 bridgehead atoms. The van der Waals surface area contributed by atoms with E-state index in [2.05, 4.69) is 16.3 Å². The Morgan fingerprint density at radius 2 is 2.14 bits per heavy atom. The van der Waals surface area contributed by atoms with E-state index in [0.29, 0.717) is 11.4 Å². The largest absolute Gasteiger partial charge is 0.385 e. The monoisotopic (exact) mass is 328 g/mol. The molecule has 0 fully saturated rings. The number of benzene rings is 1. The third-order valence-electron chi connectivity index (χ3n) is 3.65. The molecule has 1 heterocycles. The molecule has 1 aliphatic rings. The fourth-order valence-corrected chi connectivity index (χ4v) is 4.04. The van der Waals surface area contributed by atoms with Crippen LogP contribution in [0.15, 0.2) is 23.1 Å². The number of fused-ring (bicyclic) bond motifs is 1. The summed E-state index contributed by atoms with van der Waals surface area (Å²) in [5, 5.41) is 3.27. The van der Waals surface area contributed by atoms with E-state index >= 15 is 0 Å². The van der Waals surface area contributed by atoms with Crippen molar-refractivity contribution in [1.82, 2.24) is 4.72 Å². The van der Waals surface area contributed by atoms with Crippen LogP contribution in [0.4, 0.5) is 5.69 Å². The summed E-state index contributed by atoms with van der Waals surface area (Å²) in [6.45, 7) is 1.43. The number of anilines is 1. The zero-order valence-corrected chi connectivity index (χ0v) is 14.2. The standard InChI is InChI=1S/C15H24N2O2S2/c1-20-11-4-2-3-10-17-21(18,19)14-8-7-13-6-5-9-16-15(13)12-14/h7-8,12,16-17H,2-6,9-11H2,1H3. The lowest BCUT2D eigenvalue weighted by Crippen LogP contribution is -2.25. The van der Waals surface area contributed by atoms with Gasteiger partial charge >= 0.3 is 0 Å². The highest BCUT2D eigenvalue weighted by Crippen LogP contribution is 2.25. The van der Waals surface area contributed by atoms with Crippen molar-refractivity contribution in [2.45, 2.75) is 37.0 Å². The predicted molar refractivity (Wildman–Crippen MR) is 90.7 cm³/mol. The Balaban J connectivity index is 1.90. The fraction of sp³-hybridized carbons (Fsp3) is 0.600. The van der Waals surface area contributed by atoms with Crippen molar-refractivity contribution in [3.8, 4) is 0 Å². The van der Waals surface area contributed by atoms with Gasteiger partial charge in [-0.05, 0) is 55.4 Å². The maximum absolute atomic E-state index is 12.3. The van der Waals surface area contributed by atoms with Crippen LogP contribution < -0.4 is 10.0 Å². The summed E-state index contributed by atoms with van der Waals surface area (Å²) in [6, 6.07) is 5.39. The van der Waals surface area contributed by atoms with Gasteiger partial charge in [-0.15, -0.1) is 0 Å². The van der Waals surface area contributed by atoms with Gasteiger partial charge in [-0.1, -0.05) is 12.5 Å². The van der Waals surface area contributed by atoms with E-state index in [0.717, 1.165) is 50.1 Å². The van der Waals surface area contributed by atoms with Gasteiger partial charge in [0.05, 0.1) is 4.90 Å². The topological polar surface area (TPSA) is 58.2 Å². The van der Waals surface area contributed by atoms with Crippen molar-refractivity contribution in [2.24, 2.45) is 0 Å². The molecule has 2 rings (SSSR count). The van der Waals surface area contributed by atoms with E-state index in [-0.39, 0.29) is 0 Å². The van der Waals surface area contributed by atoms with Crippen molar-refractivity contribution >= 4 is 27.5 Å². The lowest BCUT2D eigenvalue weighted by Gasteiger charge is -2.18. The number of hydrogen-bond donors (Lipinski definition) is 2. The first-order chi connectivity index (χ1) is 10.1. The molecule has 0 amide bonds. The molecule has 118 valence electrons. The van der Waals surface area contributed by atoms with Gasteiger partial charge in [0.15, 0.2) is 0 Å². The maximum atomic E-state index is 12.3. The normalized spacial score (nSPS) is 14.5. The summed E-state index contributed by atoms with van der Waals surface area (Å²) in [5.74, 6) is 1.14. The highest BCUT2D eigenvalue weighted by atomic mass is 32.2. The van der Waals surface area contributed by atoms with Gasteiger partial charge in [0.2, 0.25) is 10.0 Å². The van der Waals surface area contributed by atoms with Crippen LogP contribution in [0.3, 0.4) is 0 Å². The van der Waals surface area contributed by atoms with Gasteiger partial charge in [-0.25, -0.2) is 13.1 Å². The zero-order valence-electron chi connectivity index (χ0n) is 12.5. The molecule has 0 radical (unpaired) electrons. The van der Waals surface area contributed by atoms with Crippen molar-refractivity contribution in [1.29, 1.82) is 0 Å². The van der Waals surface area contributed by atoms with E-state index in [1.54, 1.807) is 12.1 Å². The van der Waals surface area contributed by atoms with Crippen LogP contribution in [0, 0.1) is 0 Å². The minimum Gasteiger partial charge on any atom is -0.385 e. The summed E-state index contributed by atoms with van der Waals surface area (Å²) in [7, 11) is -3.38. The van der Waals surface area contributed by atoms with E-state index < -0.39 is 10.0 Å². The van der Waals surface area contributed by atoms with Gasteiger partial charge in [0, 0.05) is 18.8 Å². The molecule has 0 atom stereocenters. The predicted octanol–water partition coefficient (Wildman–Crippen LogP) is 2.86. The zero-order chi connectivity index (χ0) is 15.1. The third-order valence-corrected chi connectivity index (χ3v) is 5.80.